The van der Waals surface area contributed by atoms with Crippen molar-refractivity contribution in [3.8, 4) is 0 Å². The van der Waals surface area contributed by atoms with Crippen LogP contribution in [-0.4, -0.2) is 24.4 Å². The van der Waals surface area contributed by atoms with E-state index in [9.17, 15) is 22.8 Å². The summed E-state index contributed by atoms with van der Waals surface area (Å²) in [5.41, 5.74) is 3.97. The molecule has 1 spiro atoms. The molecule has 2 aliphatic heterocycles. The molecule has 1 aromatic carbocycles. The fourth-order valence-corrected chi connectivity index (χ4v) is 2.98. The molecule has 2 aliphatic rings. The Morgan fingerprint density at radius 1 is 1.38 bits per heavy atom. The minimum atomic E-state index is -4.47. The third-order valence-corrected chi connectivity index (χ3v) is 4.09. The highest BCUT2D eigenvalue weighted by Gasteiger charge is 2.53. The van der Waals surface area contributed by atoms with Gasteiger partial charge in [-0.15, -0.1) is 0 Å². The first-order valence-corrected chi connectivity index (χ1v) is 6.30. The lowest BCUT2D eigenvalue weighted by Gasteiger charge is -2.20. The average Bonchev–Trinajstić information content (AvgIpc) is 2.93. The molecule has 0 saturated carbocycles. The van der Waals surface area contributed by atoms with Gasteiger partial charge in [-0.05, 0) is 24.1 Å². The van der Waals surface area contributed by atoms with Gasteiger partial charge >= 0.3 is 6.18 Å². The maximum atomic E-state index is 12.7. The summed E-state index contributed by atoms with van der Waals surface area (Å²) in [4.78, 5) is 23.4. The smallest absolute Gasteiger partial charge is 0.368 e. The number of alkyl halides is 3. The molecule has 8 heteroatoms. The Balaban J connectivity index is 2.02. The van der Waals surface area contributed by atoms with E-state index in [1.54, 1.807) is 0 Å². The van der Waals surface area contributed by atoms with Gasteiger partial charge in [0.05, 0.1) is 17.0 Å². The zero-order valence-corrected chi connectivity index (χ0v) is 10.8. The molecule has 0 bridgehead atoms. The van der Waals surface area contributed by atoms with Crippen molar-refractivity contribution < 1.29 is 22.8 Å². The number of halogens is 3. The van der Waals surface area contributed by atoms with Crippen molar-refractivity contribution in [1.29, 1.82) is 0 Å². The molecule has 0 radical (unpaired) electrons. The van der Waals surface area contributed by atoms with Gasteiger partial charge in [0.2, 0.25) is 11.8 Å². The van der Waals surface area contributed by atoms with Crippen LogP contribution in [0.5, 0.6) is 0 Å². The van der Waals surface area contributed by atoms with Crippen molar-refractivity contribution in [2.45, 2.75) is 24.1 Å². The summed E-state index contributed by atoms with van der Waals surface area (Å²) in [7, 11) is 0. The van der Waals surface area contributed by atoms with Crippen LogP contribution in [0.3, 0.4) is 0 Å². The third-order valence-electron chi connectivity index (χ3n) is 4.09. The van der Waals surface area contributed by atoms with E-state index < -0.39 is 35.0 Å². The molecule has 112 valence electrons. The van der Waals surface area contributed by atoms with Crippen LogP contribution in [-0.2, 0) is 21.2 Å². The molecule has 3 rings (SSSR count). The van der Waals surface area contributed by atoms with E-state index in [4.69, 9.17) is 5.73 Å². The summed E-state index contributed by atoms with van der Waals surface area (Å²) in [6, 6.07) is 2.49. The van der Waals surface area contributed by atoms with Crippen LogP contribution in [0.1, 0.15) is 17.5 Å². The highest BCUT2D eigenvalue weighted by molar-refractivity contribution is 6.07. The number of nitrogens with one attached hydrogen (secondary N) is 2. The fraction of sp³-hybridized carbons (Fsp3) is 0.385. The van der Waals surface area contributed by atoms with Gasteiger partial charge in [0.15, 0.2) is 0 Å². The van der Waals surface area contributed by atoms with Crippen molar-refractivity contribution in [3.63, 3.8) is 0 Å². The fourth-order valence-electron chi connectivity index (χ4n) is 2.98. The monoisotopic (exact) mass is 299 g/mol. The highest BCUT2D eigenvalue weighted by atomic mass is 19.4. The van der Waals surface area contributed by atoms with Crippen molar-refractivity contribution in [2.75, 3.05) is 11.9 Å². The lowest BCUT2D eigenvalue weighted by atomic mass is 9.79. The summed E-state index contributed by atoms with van der Waals surface area (Å²) in [6.45, 7) is 0.171. The number of rotatable bonds is 1. The number of benzene rings is 1. The van der Waals surface area contributed by atoms with Crippen molar-refractivity contribution >= 4 is 17.5 Å². The normalized spacial score (nSPS) is 27.8. The Morgan fingerprint density at radius 3 is 2.67 bits per heavy atom. The zero-order chi connectivity index (χ0) is 15.4. The largest absolute Gasteiger partial charge is 0.416 e. The maximum Gasteiger partial charge on any atom is 0.416 e. The molecule has 0 aromatic heterocycles. The van der Waals surface area contributed by atoms with E-state index >= 15 is 0 Å². The molecule has 4 N–H and O–H groups in total. The Hall–Kier alpha value is -2.09. The minimum Gasteiger partial charge on any atom is -0.368 e. The van der Waals surface area contributed by atoms with Gasteiger partial charge < -0.3 is 16.4 Å². The number of fused-ring (bicyclic) bond motifs is 2. The molecule has 1 fully saturated rings. The second kappa shape index (κ2) is 4.20. The Labute approximate surface area is 117 Å². The van der Waals surface area contributed by atoms with E-state index in [0.29, 0.717) is 5.56 Å². The Morgan fingerprint density at radius 2 is 2.10 bits per heavy atom. The van der Waals surface area contributed by atoms with E-state index in [2.05, 4.69) is 10.6 Å². The quantitative estimate of drug-likeness (QED) is 0.715. The van der Waals surface area contributed by atoms with Gasteiger partial charge in [-0.25, -0.2) is 0 Å². The molecule has 1 saturated heterocycles. The predicted molar refractivity (Wildman–Crippen MR) is 67.4 cm³/mol. The van der Waals surface area contributed by atoms with Crippen LogP contribution in [0, 0.1) is 0 Å². The van der Waals surface area contributed by atoms with Gasteiger partial charge in [0.1, 0.15) is 0 Å². The summed E-state index contributed by atoms with van der Waals surface area (Å²) >= 11 is 0. The zero-order valence-electron chi connectivity index (χ0n) is 10.8. The van der Waals surface area contributed by atoms with Gasteiger partial charge in [-0.3, -0.25) is 9.59 Å². The lowest BCUT2D eigenvalue weighted by molar-refractivity contribution is -0.137. The first-order chi connectivity index (χ1) is 9.74. The topological polar surface area (TPSA) is 84.2 Å². The lowest BCUT2D eigenvalue weighted by Crippen LogP contribution is -2.36. The van der Waals surface area contributed by atoms with Gasteiger partial charge in [-0.1, -0.05) is 6.07 Å². The average molecular weight is 299 g/mol. The van der Waals surface area contributed by atoms with E-state index in [1.807, 2.05) is 0 Å². The number of amides is 2. The van der Waals surface area contributed by atoms with Crippen molar-refractivity contribution in [1.82, 2.24) is 5.32 Å². The number of anilines is 1. The van der Waals surface area contributed by atoms with E-state index in [1.165, 1.54) is 6.07 Å². The molecular weight excluding hydrogens is 287 g/mol. The molecule has 0 unspecified atom stereocenters. The van der Waals surface area contributed by atoms with E-state index in [-0.39, 0.29) is 18.7 Å². The molecule has 2 heterocycles. The molecule has 1 aromatic rings. The first kappa shape index (κ1) is 13.9. The number of carbonyl (C=O) groups is 2. The van der Waals surface area contributed by atoms with Crippen molar-refractivity contribution in [3.05, 3.63) is 29.3 Å². The van der Waals surface area contributed by atoms with E-state index in [0.717, 1.165) is 12.1 Å². The Kier molecular flexibility index (Phi) is 2.78. The molecule has 2 amide bonds. The second-order valence-corrected chi connectivity index (χ2v) is 5.33. The van der Waals surface area contributed by atoms with Crippen LogP contribution in [0.25, 0.3) is 0 Å². The van der Waals surface area contributed by atoms with Gasteiger partial charge in [0.25, 0.3) is 0 Å². The highest BCUT2D eigenvalue weighted by Crippen LogP contribution is 2.45. The predicted octanol–water partition coefficient (Wildman–Crippen LogP) is 0.743. The number of primary amides is 1. The molecule has 5 nitrogen and oxygen atoms in total. The molecular formula is C13H12F3N3O2. The molecule has 21 heavy (non-hydrogen) atoms. The second-order valence-electron chi connectivity index (χ2n) is 5.33. The minimum absolute atomic E-state index is 0.141. The van der Waals surface area contributed by atoms with Crippen LogP contribution in [0.15, 0.2) is 18.2 Å². The van der Waals surface area contributed by atoms with Gasteiger partial charge in [-0.2, -0.15) is 13.2 Å². The van der Waals surface area contributed by atoms with Crippen LogP contribution < -0.4 is 16.4 Å². The maximum absolute atomic E-state index is 12.7. The Bertz CT molecular complexity index is 644. The summed E-state index contributed by atoms with van der Waals surface area (Å²) in [5, 5.41) is 5.32. The van der Waals surface area contributed by atoms with Crippen molar-refractivity contribution in [2.24, 2.45) is 5.73 Å². The molecule has 2 atom stereocenters. The third kappa shape index (κ3) is 1.98. The van der Waals surface area contributed by atoms with Crippen LogP contribution >= 0.6 is 0 Å². The molecule has 0 aliphatic carbocycles. The number of carbonyl (C=O) groups excluding carboxylic acids is 2. The van der Waals surface area contributed by atoms with Gasteiger partial charge in [0, 0.05) is 12.2 Å². The number of hydrogen-bond acceptors (Lipinski definition) is 3. The van der Waals surface area contributed by atoms with Crippen LogP contribution in [0.2, 0.25) is 0 Å². The summed E-state index contributed by atoms with van der Waals surface area (Å²) < 4.78 is 38.1. The summed E-state index contributed by atoms with van der Waals surface area (Å²) in [5.74, 6) is -0.992. The standard InChI is InChI=1S/C13H12F3N3O2/c14-13(15,16)6-1-2-7-8(3-6)19-11(21)12(7)4-9(10(17)20)18-5-12/h1-3,9,18H,4-5H2,(H2,17,20)(H,19,21)/t9-,12-/m0/s1. The number of hydrogen-bond donors (Lipinski definition) is 3. The summed E-state index contributed by atoms with van der Waals surface area (Å²) in [6.07, 6.45) is -4.33. The number of nitrogens with two attached hydrogens (primary N) is 1. The SMILES string of the molecule is NC(=O)[C@@H]1C[C@@]2(CN1)C(=O)Nc1cc(C(F)(F)F)ccc12. The van der Waals surface area contributed by atoms with Crippen LogP contribution in [0.4, 0.5) is 18.9 Å². The first-order valence-electron chi connectivity index (χ1n) is 6.30.